The fourth-order valence-corrected chi connectivity index (χ4v) is 3.71. The summed E-state index contributed by atoms with van der Waals surface area (Å²) in [4.78, 5) is 8.77. The van der Waals surface area contributed by atoms with E-state index in [-0.39, 0.29) is 5.82 Å². The molecule has 0 spiro atoms. The van der Waals surface area contributed by atoms with E-state index in [1.807, 2.05) is 19.9 Å². The highest BCUT2D eigenvalue weighted by Crippen LogP contribution is 2.25. The zero-order valence-electron chi connectivity index (χ0n) is 18.0. The molecule has 6 nitrogen and oxygen atoms in total. The molecule has 1 aliphatic rings. The van der Waals surface area contributed by atoms with Crippen LogP contribution < -0.4 is 15.4 Å². The van der Waals surface area contributed by atoms with E-state index in [1.165, 1.54) is 17.2 Å². The zero-order chi connectivity index (χ0) is 21.6. The topological polar surface area (TPSA) is 63.5 Å². The highest BCUT2D eigenvalue weighted by atomic mass is 19.1. The maximum atomic E-state index is 14.6. The Kier molecular flexibility index (Phi) is 6.50. The van der Waals surface area contributed by atoms with Crippen molar-refractivity contribution >= 4 is 5.96 Å². The van der Waals surface area contributed by atoms with Crippen LogP contribution in [0, 0.1) is 12.7 Å². The molecule has 1 aromatic heterocycles. The minimum Gasteiger partial charge on any atom is -0.493 e. The van der Waals surface area contributed by atoms with Gasteiger partial charge in [-0.15, -0.1) is 0 Å². The summed E-state index contributed by atoms with van der Waals surface area (Å²) in [7, 11) is 0. The number of halogens is 1. The van der Waals surface area contributed by atoms with Gasteiger partial charge >= 0.3 is 0 Å². The Morgan fingerprint density at radius 3 is 2.84 bits per heavy atom. The lowest BCUT2D eigenvalue weighted by Crippen LogP contribution is -2.38. The predicted molar refractivity (Wildman–Crippen MR) is 120 cm³/mol. The number of imidazole rings is 1. The number of fused-ring (bicyclic) bond motifs is 1. The minimum absolute atomic E-state index is 0.285. The molecule has 31 heavy (non-hydrogen) atoms. The number of aliphatic imine (C=N–C) groups is 1. The molecule has 0 amide bonds. The predicted octanol–water partition coefficient (Wildman–Crippen LogP) is 3.55. The Balaban J connectivity index is 1.36. The van der Waals surface area contributed by atoms with Crippen LogP contribution >= 0.6 is 0 Å². The second-order valence-electron chi connectivity index (χ2n) is 7.54. The molecule has 3 aromatic rings. The number of aryl methyl sites for hydroxylation is 1. The van der Waals surface area contributed by atoms with E-state index < -0.39 is 0 Å². The van der Waals surface area contributed by atoms with Crippen molar-refractivity contribution in [3.63, 3.8) is 0 Å². The van der Waals surface area contributed by atoms with Gasteiger partial charge < -0.3 is 19.9 Å². The number of nitrogens with one attached hydrogen (secondary N) is 2. The Bertz CT molecular complexity index is 1080. The van der Waals surface area contributed by atoms with Crippen molar-refractivity contribution < 1.29 is 9.13 Å². The number of aromatic nitrogens is 2. The van der Waals surface area contributed by atoms with Gasteiger partial charge in [-0.3, -0.25) is 0 Å². The molecule has 0 saturated heterocycles. The van der Waals surface area contributed by atoms with Crippen LogP contribution in [0.5, 0.6) is 5.75 Å². The van der Waals surface area contributed by atoms with Crippen LogP contribution in [0.1, 0.15) is 29.4 Å². The van der Waals surface area contributed by atoms with Crippen molar-refractivity contribution in [3.8, 4) is 11.4 Å². The number of nitrogens with zero attached hydrogens (tertiary/aromatic N) is 3. The van der Waals surface area contributed by atoms with Gasteiger partial charge in [0.2, 0.25) is 0 Å². The van der Waals surface area contributed by atoms with Crippen molar-refractivity contribution in [1.82, 2.24) is 20.2 Å². The van der Waals surface area contributed by atoms with E-state index in [4.69, 9.17) is 4.74 Å². The Labute approximate surface area is 182 Å². The lowest BCUT2D eigenvalue weighted by atomic mass is 10.1. The third kappa shape index (κ3) is 5.05. The monoisotopic (exact) mass is 421 g/mol. The lowest BCUT2D eigenvalue weighted by Gasteiger charge is -2.12. The maximum absolute atomic E-state index is 14.6. The van der Waals surface area contributed by atoms with Crippen LogP contribution in [0.25, 0.3) is 5.69 Å². The van der Waals surface area contributed by atoms with Crippen molar-refractivity contribution in [2.24, 2.45) is 4.99 Å². The summed E-state index contributed by atoms with van der Waals surface area (Å²) in [6.45, 7) is 6.57. The summed E-state index contributed by atoms with van der Waals surface area (Å²) < 4.78 is 21.9. The number of hydrogen-bond acceptors (Lipinski definition) is 3. The quantitative estimate of drug-likeness (QED) is 0.452. The fraction of sp³-hybridized carbons (Fsp3) is 0.333. The van der Waals surface area contributed by atoms with Gasteiger partial charge in [-0.25, -0.2) is 14.4 Å². The molecule has 0 bridgehead atoms. The van der Waals surface area contributed by atoms with Gasteiger partial charge in [0.1, 0.15) is 17.4 Å². The number of hydrogen-bond donors (Lipinski definition) is 2. The molecule has 2 heterocycles. The van der Waals surface area contributed by atoms with Crippen molar-refractivity contribution in [3.05, 3.63) is 77.1 Å². The van der Waals surface area contributed by atoms with Crippen molar-refractivity contribution in [2.45, 2.75) is 33.2 Å². The molecule has 1 aliphatic heterocycles. The average Bonchev–Trinajstić information content (AvgIpc) is 3.40. The first-order valence-electron chi connectivity index (χ1n) is 10.7. The van der Waals surface area contributed by atoms with Gasteiger partial charge in [0.15, 0.2) is 5.96 Å². The van der Waals surface area contributed by atoms with E-state index >= 15 is 0 Å². The first kappa shape index (κ1) is 20.9. The SMILES string of the molecule is CCNC(=NCc1ccc(-n2ccnc2C)c(F)c1)NCCc1ccc2c(c1)CCO2. The summed E-state index contributed by atoms with van der Waals surface area (Å²) in [6.07, 6.45) is 5.30. The van der Waals surface area contributed by atoms with Crippen LogP contribution in [0.3, 0.4) is 0 Å². The van der Waals surface area contributed by atoms with E-state index in [0.717, 1.165) is 55.6 Å². The van der Waals surface area contributed by atoms with Gasteiger partial charge in [0, 0.05) is 31.9 Å². The zero-order valence-corrected chi connectivity index (χ0v) is 18.0. The summed E-state index contributed by atoms with van der Waals surface area (Å²) >= 11 is 0. The van der Waals surface area contributed by atoms with Crippen molar-refractivity contribution in [1.29, 1.82) is 0 Å². The molecule has 0 aliphatic carbocycles. The van der Waals surface area contributed by atoms with Gasteiger partial charge in [0.25, 0.3) is 0 Å². The smallest absolute Gasteiger partial charge is 0.191 e. The number of ether oxygens (including phenoxy) is 1. The standard InChI is InChI=1S/C24H28FN5O/c1-3-26-24(28-10-8-18-5-7-23-20(14-18)9-13-31-23)29-16-19-4-6-22(21(25)15-19)30-12-11-27-17(30)2/h4-7,11-12,14-15H,3,8-10,13,16H2,1-2H3,(H2,26,28,29). The molecule has 4 rings (SSSR count). The van der Waals surface area contributed by atoms with Crippen LogP contribution in [0.15, 0.2) is 53.8 Å². The van der Waals surface area contributed by atoms with Crippen molar-refractivity contribution in [2.75, 3.05) is 19.7 Å². The summed E-state index contributed by atoms with van der Waals surface area (Å²) in [5.41, 5.74) is 3.87. The van der Waals surface area contributed by atoms with Crippen LogP contribution in [0.2, 0.25) is 0 Å². The first-order valence-corrected chi connectivity index (χ1v) is 10.7. The Hall–Kier alpha value is -3.35. The molecule has 162 valence electrons. The number of benzene rings is 2. The molecule has 0 radical (unpaired) electrons. The fourth-order valence-electron chi connectivity index (χ4n) is 3.71. The van der Waals surface area contributed by atoms with E-state index in [0.29, 0.717) is 12.2 Å². The maximum Gasteiger partial charge on any atom is 0.191 e. The van der Waals surface area contributed by atoms with Gasteiger partial charge in [-0.2, -0.15) is 0 Å². The third-order valence-corrected chi connectivity index (χ3v) is 5.32. The molecule has 0 saturated carbocycles. The van der Waals surface area contributed by atoms with Crippen LogP contribution in [-0.4, -0.2) is 35.2 Å². The van der Waals surface area contributed by atoms with Gasteiger partial charge in [0.05, 0.1) is 18.8 Å². The molecule has 0 fully saturated rings. The minimum atomic E-state index is -0.285. The Morgan fingerprint density at radius 1 is 1.19 bits per heavy atom. The number of guanidine groups is 1. The Morgan fingerprint density at radius 2 is 2.06 bits per heavy atom. The highest BCUT2D eigenvalue weighted by Gasteiger charge is 2.12. The average molecular weight is 422 g/mol. The largest absolute Gasteiger partial charge is 0.493 e. The van der Waals surface area contributed by atoms with E-state index in [9.17, 15) is 4.39 Å². The molecule has 7 heteroatoms. The molecular weight excluding hydrogens is 393 g/mol. The highest BCUT2D eigenvalue weighted by molar-refractivity contribution is 5.79. The molecule has 2 aromatic carbocycles. The summed E-state index contributed by atoms with van der Waals surface area (Å²) in [5.74, 6) is 2.20. The molecule has 0 atom stereocenters. The van der Waals surface area contributed by atoms with Gasteiger partial charge in [-0.1, -0.05) is 18.2 Å². The number of rotatable bonds is 7. The van der Waals surface area contributed by atoms with E-state index in [2.05, 4.69) is 38.8 Å². The molecular formula is C24H28FN5O. The normalized spacial score (nSPS) is 13.1. The lowest BCUT2D eigenvalue weighted by molar-refractivity contribution is 0.357. The van der Waals surface area contributed by atoms with Crippen LogP contribution in [-0.2, 0) is 19.4 Å². The second-order valence-corrected chi connectivity index (χ2v) is 7.54. The molecule has 2 N–H and O–H groups in total. The third-order valence-electron chi connectivity index (χ3n) is 5.32. The summed E-state index contributed by atoms with van der Waals surface area (Å²) in [5, 5.41) is 6.61. The van der Waals surface area contributed by atoms with Crippen LogP contribution in [0.4, 0.5) is 4.39 Å². The van der Waals surface area contributed by atoms with Gasteiger partial charge in [-0.05, 0) is 55.2 Å². The first-order chi connectivity index (χ1) is 15.1. The van der Waals surface area contributed by atoms with E-state index in [1.54, 1.807) is 23.0 Å². The molecule has 0 unspecified atom stereocenters. The summed E-state index contributed by atoms with van der Waals surface area (Å²) in [6, 6.07) is 11.6. The second kappa shape index (κ2) is 9.64.